The molecule has 19 heavy (non-hydrogen) atoms. The molecule has 0 bridgehead atoms. The van der Waals surface area contributed by atoms with Gasteiger partial charge in [0.1, 0.15) is 0 Å². The third-order valence-electron chi connectivity index (χ3n) is 3.89. The molecule has 108 valence electrons. The van der Waals surface area contributed by atoms with Crippen LogP contribution in [0, 0.1) is 0 Å². The molecule has 0 unspecified atom stereocenters. The zero-order valence-electron chi connectivity index (χ0n) is 11.6. The highest BCUT2D eigenvalue weighted by Crippen LogP contribution is 2.24. The van der Waals surface area contributed by atoms with Gasteiger partial charge in [0.2, 0.25) is 0 Å². The normalized spacial score (nSPS) is 18.7. The smallest absolute Gasteiger partial charge is 0.0863 e. The second kappa shape index (κ2) is 6.22. The Labute approximate surface area is 118 Å². The largest absolute Gasteiger partial charge is 0.394 e. The average Bonchev–Trinajstić information content (AvgIpc) is 2.72. The molecule has 1 aromatic rings. The van der Waals surface area contributed by atoms with Gasteiger partial charge in [-0.05, 0) is 19.3 Å². The van der Waals surface area contributed by atoms with E-state index in [0.717, 1.165) is 35.7 Å². The molecule has 6 heteroatoms. The summed E-state index contributed by atoms with van der Waals surface area (Å²) in [4.78, 5) is 0. The Kier molecular flexibility index (Phi) is 4.84. The van der Waals surface area contributed by atoms with Gasteiger partial charge in [-0.2, -0.15) is 5.10 Å². The fourth-order valence-electron chi connectivity index (χ4n) is 2.44. The molecule has 1 fully saturated rings. The second-order valence-electron chi connectivity index (χ2n) is 5.09. The van der Waals surface area contributed by atoms with Gasteiger partial charge in [-0.15, -0.1) is 0 Å². The number of nitrogens with zero attached hydrogens (tertiary/aromatic N) is 2. The molecular formula is C13H22ClN3O2. The minimum absolute atomic E-state index is 0.118. The molecular weight excluding hydrogens is 266 g/mol. The van der Waals surface area contributed by atoms with Gasteiger partial charge in [0, 0.05) is 32.3 Å². The van der Waals surface area contributed by atoms with E-state index in [1.54, 1.807) is 0 Å². The van der Waals surface area contributed by atoms with Crippen LogP contribution in [0.2, 0.25) is 5.02 Å². The first-order chi connectivity index (χ1) is 9.12. The Morgan fingerprint density at radius 3 is 2.68 bits per heavy atom. The van der Waals surface area contributed by atoms with Crippen LogP contribution in [-0.2, 0) is 24.8 Å². The van der Waals surface area contributed by atoms with Crippen molar-refractivity contribution in [3.05, 3.63) is 16.4 Å². The summed E-state index contributed by atoms with van der Waals surface area (Å²) < 4.78 is 7.17. The van der Waals surface area contributed by atoms with Gasteiger partial charge < -0.3 is 15.2 Å². The Morgan fingerprint density at radius 2 is 2.16 bits per heavy atom. The number of rotatable bonds is 5. The summed E-state index contributed by atoms with van der Waals surface area (Å²) in [5, 5.41) is 18.2. The van der Waals surface area contributed by atoms with Crippen LogP contribution in [0.4, 0.5) is 0 Å². The lowest BCUT2D eigenvalue weighted by atomic mass is 9.91. The minimum atomic E-state index is -0.252. The summed E-state index contributed by atoms with van der Waals surface area (Å²) in [6.45, 7) is 4.15. The highest BCUT2D eigenvalue weighted by Gasteiger charge is 2.31. The molecule has 1 aromatic heterocycles. The lowest BCUT2D eigenvalue weighted by molar-refractivity contribution is 0.0109. The van der Waals surface area contributed by atoms with E-state index in [-0.39, 0.29) is 12.1 Å². The van der Waals surface area contributed by atoms with Crippen molar-refractivity contribution >= 4 is 11.6 Å². The summed E-state index contributed by atoms with van der Waals surface area (Å²) in [6.07, 6.45) is 2.46. The molecule has 0 atom stereocenters. The lowest BCUT2D eigenvalue weighted by Gasteiger charge is -2.36. The molecule has 1 aliphatic rings. The molecule has 0 amide bonds. The van der Waals surface area contributed by atoms with Crippen molar-refractivity contribution in [1.82, 2.24) is 15.1 Å². The molecule has 1 aliphatic heterocycles. The SMILES string of the molecule is CCc1nn(C)c(CNC2(CO)CCOCC2)c1Cl. The quantitative estimate of drug-likeness (QED) is 0.856. The molecule has 2 heterocycles. The van der Waals surface area contributed by atoms with Gasteiger partial charge >= 0.3 is 0 Å². The highest BCUT2D eigenvalue weighted by atomic mass is 35.5. The van der Waals surface area contributed by atoms with Gasteiger partial charge in [0.25, 0.3) is 0 Å². The Balaban J connectivity index is 2.07. The van der Waals surface area contributed by atoms with Crippen molar-refractivity contribution in [2.24, 2.45) is 7.05 Å². The maximum atomic E-state index is 9.64. The molecule has 0 aromatic carbocycles. The Morgan fingerprint density at radius 1 is 1.47 bits per heavy atom. The van der Waals surface area contributed by atoms with Crippen LogP contribution >= 0.6 is 11.6 Å². The van der Waals surface area contributed by atoms with Crippen LogP contribution < -0.4 is 5.32 Å². The van der Waals surface area contributed by atoms with Gasteiger partial charge in [-0.3, -0.25) is 4.68 Å². The van der Waals surface area contributed by atoms with E-state index in [4.69, 9.17) is 16.3 Å². The van der Waals surface area contributed by atoms with E-state index in [1.165, 1.54) is 0 Å². The highest BCUT2D eigenvalue weighted by molar-refractivity contribution is 6.31. The van der Waals surface area contributed by atoms with E-state index >= 15 is 0 Å². The van der Waals surface area contributed by atoms with Gasteiger partial charge in [0.05, 0.1) is 23.0 Å². The molecule has 0 saturated carbocycles. The third kappa shape index (κ3) is 3.11. The van der Waals surface area contributed by atoms with E-state index in [9.17, 15) is 5.11 Å². The summed E-state index contributed by atoms with van der Waals surface area (Å²) in [5.41, 5.74) is 1.64. The van der Waals surface area contributed by atoms with Crippen molar-refractivity contribution in [3.63, 3.8) is 0 Å². The van der Waals surface area contributed by atoms with Crippen molar-refractivity contribution in [2.45, 2.75) is 38.3 Å². The van der Waals surface area contributed by atoms with Crippen LogP contribution in [0.1, 0.15) is 31.2 Å². The minimum Gasteiger partial charge on any atom is -0.394 e. The summed E-state index contributed by atoms with van der Waals surface area (Å²) in [5.74, 6) is 0. The molecule has 0 aliphatic carbocycles. The van der Waals surface area contributed by atoms with Crippen LogP contribution in [0.3, 0.4) is 0 Å². The van der Waals surface area contributed by atoms with Crippen molar-refractivity contribution in [2.75, 3.05) is 19.8 Å². The number of halogens is 1. The number of ether oxygens (including phenoxy) is 1. The first-order valence-electron chi connectivity index (χ1n) is 6.76. The predicted octanol–water partition coefficient (Wildman–Crippen LogP) is 1.27. The van der Waals surface area contributed by atoms with Gasteiger partial charge in [-0.1, -0.05) is 18.5 Å². The number of aliphatic hydroxyl groups is 1. The Bertz CT molecular complexity index is 428. The summed E-state index contributed by atoms with van der Waals surface area (Å²) >= 11 is 6.33. The monoisotopic (exact) mass is 287 g/mol. The van der Waals surface area contributed by atoms with Crippen molar-refractivity contribution in [3.8, 4) is 0 Å². The zero-order chi connectivity index (χ0) is 13.9. The number of aromatic nitrogens is 2. The average molecular weight is 288 g/mol. The van der Waals surface area contributed by atoms with E-state index < -0.39 is 0 Å². The fraction of sp³-hybridized carbons (Fsp3) is 0.769. The topological polar surface area (TPSA) is 59.3 Å². The first-order valence-corrected chi connectivity index (χ1v) is 7.13. The Hall–Kier alpha value is -0.620. The van der Waals surface area contributed by atoms with Crippen LogP contribution in [0.5, 0.6) is 0 Å². The fourth-order valence-corrected chi connectivity index (χ4v) is 2.80. The number of hydrogen-bond acceptors (Lipinski definition) is 4. The molecule has 5 nitrogen and oxygen atoms in total. The molecule has 0 spiro atoms. The van der Waals surface area contributed by atoms with E-state index in [0.29, 0.717) is 19.8 Å². The first kappa shape index (κ1) is 14.8. The van der Waals surface area contributed by atoms with Crippen molar-refractivity contribution in [1.29, 1.82) is 0 Å². The molecule has 0 radical (unpaired) electrons. The van der Waals surface area contributed by atoms with E-state index in [2.05, 4.69) is 10.4 Å². The van der Waals surface area contributed by atoms with Gasteiger partial charge in [0.15, 0.2) is 0 Å². The standard InChI is InChI=1S/C13H22ClN3O2/c1-3-10-12(14)11(17(2)16-10)8-15-13(9-18)4-6-19-7-5-13/h15,18H,3-9H2,1-2H3. The summed E-state index contributed by atoms with van der Waals surface area (Å²) in [7, 11) is 1.90. The zero-order valence-corrected chi connectivity index (χ0v) is 12.3. The number of aryl methyl sites for hydroxylation is 2. The van der Waals surface area contributed by atoms with Crippen LogP contribution in [0.25, 0.3) is 0 Å². The number of aliphatic hydroxyl groups excluding tert-OH is 1. The predicted molar refractivity (Wildman–Crippen MR) is 74.3 cm³/mol. The van der Waals surface area contributed by atoms with Crippen LogP contribution in [-0.4, -0.2) is 40.2 Å². The second-order valence-corrected chi connectivity index (χ2v) is 5.47. The summed E-state index contributed by atoms with van der Waals surface area (Å²) in [6, 6.07) is 0. The molecule has 2 N–H and O–H groups in total. The van der Waals surface area contributed by atoms with Gasteiger partial charge in [-0.25, -0.2) is 0 Å². The maximum Gasteiger partial charge on any atom is 0.0863 e. The third-order valence-corrected chi connectivity index (χ3v) is 4.32. The number of nitrogens with one attached hydrogen (secondary N) is 1. The van der Waals surface area contributed by atoms with Crippen molar-refractivity contribution < 1.29 is 9.84 Å². The molecule has 1 saturated heterocycles. The maximum absolute atomic E-state index is 9.64. The number of hydrogen-bond donors (Lipinski definition) is 2. The van der Waals surface area contributed by atoms with E-state index in [1.807, 2.05) is 18.7 Å². The molecule has 2 rings (SSSR count). The lowest BCUT2D eigenvalue weighted by Crippen LogP contribution is -2.52. The van der Waals surface area contributed by atoms with Crippen LogP contribution in [0.15, 0.2) is 0 Å².